The lowest BCUT2D eigenvalue weighted by Crippen LogP contribution is -2.45. The van der Waals surface area contributed by atoms with Crippen LogP contribution in [0.5, 0.6) is 0 Å². The molecule has 0 bridgehead atoms. The number of likely N-dealkylation sites (N-methyl/N-ethyl adjacent to an activating group) is 1. The highest BCUT2D eigenvalue weighted by Crippen LogP contribution is 2.31. The minimum Gasteiger partial charge on any atom is -0.347 e. The summed E-state index contributed by atoms with van der Waals surface area (Å²) in [6, 6.07) is -0.624. The van der Waals surface area contributed by atoms with Crippen LogP contribution >= 0.6 is 22.9 Å². The number of halogens is 1. The lowest BCUT2D eigenvalue weighted by molar-refractivity contribution is -0.132. The molecule has 0 aliphatic carbocycles. The largest absolute Gasteiger partial charge is 0.347 e. The zero-order valence-corrected chi connectivity index (χ0v) is 12.9. The molecule has 1 atom stereocenters. The van der Waals surface area contributed by atoms with Gasteiger partial charge in [-0.2, -0.15) is 4.31 Å². The van der Waals surface area contributed by atoms with E-state index >= 15 is 0 Å². The standard InChI is InChI=1S/C10H14ClN3O3S2/c1-13(2)9(15)7-4-3-5-14(7)19(16,17)8-6-12-10(11)18-8/h6-7H,3-5H2,1-2H3/t7-/m1/s1. The molecule has 1 aromatic heterocycles. The van der Waals surface area contributed by atoms with E-state index in [1.807, 2.05) is 0 Å². The predicted molar refractivity (Wildman–Crippen MR) is 72.7 cm³/mol. The number of hydrogen-bond donors (Lipinski definition) is 0. The van der Waals surface area contributed by atoms with Crippen LogP contribution in [0.2, 0.25) is 4.47 Å². The second-order valence-electron chi connectivity index (χ2n) is 4.44. The van der Waals surface area contributed by atoms with Gasteiger partial charge in [0, 0.05) is 20.6 Å². The maximum Gasteiger partial charge on any atom is 0.254 e. The highest BCUT2D eigenvalue weighted by Gasteiger charge is 2.40. The maximum absolute atomic E-state index is 12.5. The molecule has 0 unspecified atom stereocenters. The molecule has 1 aromatic rings. The second-order valence-corrected chi connectivity index (χ2v) is 8.17. The van der Waals surface area contributed by atoms with Crippen LogP contribution in [0.25, 0.3) is 0 Å². The molecular formula is C10H14ClN3O3S2. The van der Waals surface area contributed by atoms with Crippen LogP contribution in [0, 0.1) is 0 Å². The molecule has 2 heterocycles. The van der Waals surface area contributed by atoms with Crippen molar-refractivity contribution in [3.63, 3.8) is 0 Å². The number of thiazole rings is 1. The molecule has 0 saturated carbocycles. The number of carbonyl (C=O) groups excluding carboxylic acids is 1. The van der Waals surface area contributed by atoms with Crippen molar-refractivity contribution in [3.8, 4) is 0 Å². The van der Waals surface area contributed by atoms with E-state index in [0.717, 1.165) is 11.3 Å². The molecule has 1 fully saturated rings. The Bertz CT molecular complexity index is 585. The van der Waals surface area contributed by atoms with Crippen molar-refractivity contribution in [2.24, 2.45) is 0 Å². The Kier molecular flexibility index (Phi) is 4.14. The molecule has 19 heavy (non-hydrogen) atoms. The molecule has 2 rings (SSSR count). The summed E-state index contributed by atoms with van der Waals surface area (Å²) in [6.07, 6.45) is 2.46. The summed E-state index contributed by atoms with van der Waals surface area (Å²) in [7, 11) is -0.448. The van der Waals surface area contributed by atoms with Crippen LogP contribution in [-0.2, 0) is 14.8 Å². The normalized spacial score (nSPS) is 20.7. The fourth-order valence-electron chi connectivity index (χ4n) is 2.05. The molecule has 1 saturated heterocycles. The lowest BCUT2D eigenvalue weighted by Gasteiger charge is -2.24. The second kappa shape index (κ2) is 5.35. The van der Waals surface area contributed by atoms with Gasteiger partial charge in [-0.25, -0.2) is 13.4 Å². The molecule has 1 amide bonds. The monoisotopic (exact) mass is 323 g/mol. The average molecular weight is 324 g/mol. The molecule has 1 aliphatic rings. The molecule has 9 heteroatoms. The first-order valence-corrected chi connectivity index (χ1v) is 8.32. The molecule has 1 aliphatic heterocycles. The minimum absolute atomic E-state index is 0.0796. The first-order chi connectivity index (χ1) is 8.84. The number of amides is 1. The Morgan fingerprint density at radius 3 is 2.79 bits per heavy atom. The maximum atomic E-state index is 12.5. The van der Waals surface area contributed by atoms with Gasteiger partial charge in [-0.15, -0.1) is 0 Å². The third-order valence-corrected chi connectivity index (χ3v) is 6.41. The van der Waals surface area contributed by atoms with E-state index in [9.17, 15) is 13.2 Å². The summed E-state index contributed by atoms with van der Waals surface area (Å²) >= 11 is 6.58. The van der Waals surface area contributed by atoms with Crippen molar-refractivity contribution < 1.29 is 13.2 Å². The molecular weight excluding hydrogens is 310 g/mol. The van der Waals surface area contributed by atoms with E-state index in [1.165, 1.54) is 15.4 Å². The first-order valence-electron chi connectivity index (χ1n) is 5.68. The van der Waals surface area contributed by atoms with Crippen LogP contribution in [0.1, 0.15) is 12.8 Å². The van der Waals surface area contributed by atoms with E-state index in [1.54, 1.807) is 14.1 Å². The topological polar surface area (TPSA) is 70.6 Å². The van der Waals surface area contributed by atoms with Gasteiger partial charge in [0.2, 0.25) is 5.91 Å². The van der Waals surface area contributed by atoms with Gasteiger partial charge in [-0.05, 0) is 12.8 Å². The van der Waals surface area contributed by atoms with Crippen molar-refractivity contribution in [2.75, 3.05) is 20.6 Å². The SMILES string of the molecule is CN(C)C(=O)[C@H]1CCCN1S(=O)(=O)c1cnc(Cl)s1. The van der Waals surface area contributed by atoms with Gasteiger partial charge in [-0.1, -0.05) is 22.9 Å². The fourth-order valence-corrected chi connectivity index (χ4v) is 5.12. The molecule has 0 N–H and O–H groups in total. The quantitative estimate of drug-likeness (QED) is 0.833. The van der Waals surface area contributed by atoms with Gasteiger partial charge in [0.25, 0.3) is 10.0 Å². The van der Waals surface area contributed by atoms with Gasteiger partial charge < -0.3 is 4.90 Å². The third kappa shape index (κ3) is 2.76. The van der Waals surface area contributed by atoms with E-state index in [2.05, 4.69) is 4.98 Å². The number of aromatic nitrogens is 1. The highest BCUT2D eigenvalue weighted by atomic mass is 35.5. The van der Waals surface area contributed by atoms with Crippen molar-refractivity contribution in [3.05, 3.63) is 10.7 Å². The highest BCUT2D eigenvalue weighted by molar-refractivity contribution is 7.91. The van der Waals surface area contributed by atoms with Crippen LogP contribution in [0.3, 0.4) is 0 Å². The molecule has 6 nitrogen and oxygen atoms in total. The van der Waals surface area contributed by atoms with E-state index in [0.29, 0.717) is 19.4 Å². The number of nitrogens with zero attached hydrogens (tertiary/aromatic N) is 3. The summed E-state index contributed by atoms with van der Waals surface area (Å²) in [4.78, 5) is 17.2. The van der Waals surface area contributed by atoms with Crippen molar-refractivity contribution in [1.82, 2.24) is 14.2 Å². The molecule has 0 spiro atoms. The fraction of sp³-hybridized carbons (Fsp3) is 0.600. The Hall–Kier alpha value is -0.700. The number of rotatable bonds is 3. The molecule has 106 valence electrons. The van der Waals surface area contributed by atoms with Crippen molar-refractivity contribution in [2.45, 2.75) is 23.1 Å². The molecule has 0 aromatic carbocycles. The average Bonchev–Trinajstić information content (AvgIpc) is 2.96. The van der Waals surface area contributed by atoms with Crippen LogP contribution < -0.4 is 0 Å². The van der Waals surface area contributed by atoms with Crippen LogP contribution in [0.4, 0.5) is 0 Å². The zero-order chi connectivity index (χ0) is 14.2. The predicted octanol–water partition coefficient (Wildman–Crippen LogP) is 1.04. The Labute approximate surface area is 121 Å². The van der Waals surface area contributed by atoms with E-state index < -0.39 is 16.1 Å². The first kappa shape index (κ1) is 14.7. The zero-order valence-electron chi connectivity index (χ0n) is 10.5. The summed E-state index contributed by atoms with van der Waals surface area (Å²) in [5.41, 5.74) is 0. The van der Waals surface area contributed by atoms with E-state index in [4.69, 9.17) is 11.6 Å². The van der Waals surface area contributed by atoms with Gasteiger partial charge >= 0.3 is 0 Å². The summed E-state index contributed by atoms with van der Waals surface area (Å²) in [5.74, 6) is -0.198. The Morgan fingerprint density at radius 1 is 1.58 bits per heavy atom. The minimum atomic E-state index is -3.69. The van der Waals surface area contributed by atoms with Crippen LogP contribution in [0.15, 0.2) is 10.4 Å². The smallest absolute Gasteiger partial charge is 0.254 e. The third-order valence-electron chi connectivity index (χ3n) is 2.95. The van der Waals surface area contributed by atoms with Crippen molar-refractivity contribution >= 4 is 38.9 Å². The number of hydrogen-bond acceptors (Lipinski definition) is 5. The Balaban J connectivity index is 2.32. The van der Waals surface area contributed by atoms with Gasteiger partial charge in [-0.3, -0.25) is 4.79 Å². The van der Waals surface area contributed by atoms with E-state index in [-0.39, 0.29) is 14.6 Å². The van der Waals surface area contributed by atoms with Crippen molar-refractivity contribution in [1.29, 1.82) is 0 Å². The summed E-state index contributed by atoms with van der Waals surface area (Å²) in [6.45, 7) is 0.349. The van der Waals surface area contributed by atoms with Crippen LogP contribution in [-0.4, -0.2) is 55.2 Å². The van der Waals surface area contributed by atoms with Gasteiger partial charge in [0.05, 0.1) is 6.20 Å². The summed E-state index contributed by atoms with van der Waals surface area (Å²) < 4.78 is 26.4. The number of carbonyl (C=O) groups is 1. The van der Waals surface area contributed by atoms with Gasteiger partial charge in [0.1, 0.15) is 6.04 Å². The molecule has 0 radical (unpaired) electrons. The summed E-state index contributed by atoms with van der Waals surface area (Å²) in [5, 5.41) is 0. The number of sulfonamides is 1. The Morgan fingerprint density at radius 2 is 2.26 bits per heavy atom. The van der Waals surface area contributed by atoms with Gasteiger partial charge in [0.15, 0.2) is 8.68 Å². The lowest BCUT2D eigenvalue weighted by atomic mass is 10.2.